The van der Waals surface area contributed by atoms with Gasteiger partial charge in [-0.25, -0.2) is 9.78 Å². The lowest BCUT2D eigenvalue weighted by Crippen LogP contribution is -2.53. The maximum atomic E-state index is 12.4. The fourth-order valence-electron chi connectivity index (χ4n) is 2.99. The van der Waals surface area contributed by atoms with Gasteiger partial charge < -0.3 is 10.2 Å². The monoisotopic (exact) mass is 348 g/mol. The zero-order valence-electron chi connectivity index (χ0n) is 14.1. The molecule has 3 heterocycles. The highest BCUT2D eigenvalue weighted by Gasteiger charge is 2.25. The van der Waals surface area contributed by atoms with Crippen molar-refractivity contribution in [3.05, 3.63) is 35.0 Å². The van der Waals surface area contributed by atoms with Gasteiger partial charge in [0.2, 0.25) is 0 Å². The summed E-state index contributed by atoms with van der Waals surface area (Å²) in [6, 6.07) is 2.61. The molecule has 2 aromatic rings. The van der Waals surface area contributed by atoms with Crippen LogP contribution in [-0.2, 0) is 6.54 Å². The van der Waals surface area contributed by atoms with Crippen molar-refractivity contribution in [1.82, 2.24) is 29.9 Å². The van der Waals surface area contributed by atoms with Gasteiger partial charge in [0.25, 0.3) is 0 Å². The number of nitrogens with zero attached hydrogens (tertiary/aromatic N) is 5. The summed E-state index contributed by atoms with van der Waals surface area (Å²) in [6.07, 6.45) is 3.16. The van der Waals surface area contributed by atoms with Crippen molar-refractivity contribution in [2.24, 2.45) is 0 Å². The highest BCUT2D eigenvalue weighted by atomic mass is 32.1. The number of urea groups is 1. The molecule has 1 N–H and O–H groups in total. The molecule has 8 heteroatoms. The Labute approximate surface area is 146 Å². The van der Waals surface area contributed by atoms with E-state index in [1.807, 2.05) is 11.8 Å². The van der Waals surface area contributed by atoms with Crippen LogP contribution in [0.3, 0.4) is 0 Å². The molecule has 2 amide bonds. The van der Waals surface area contributed by atoms with Crippen LogP contribution in [0, 0.1) is 0 Å². The number of thiophene rings is 1. The lowest BCUT2D eigenvalue weighted by atomic mass is 10.1. The second-order valence-corrected chi connectivity index (χ2v) is 7.00. The first-order valence-corrected chi connectivity index (χ1v) is 9.22. The van der Waals surface area contributed by atoms with Gasteiger partial charge in [-0.05, 0) is 36.2 Å². The van der Waals surface area contributed by atoms with Crippen molar-refractivity contribution >= 4 is 17.4 Å². The van der Waals surface area contributed by atoms with Crippen LogP contribution in [0.15, 0.2) is 29.5 Å². The summed E-state index contributed by atoms with van der Waals surface area (Å²) >= 11 is 1.73. The molecule has 7 nitrogen and oxygen atoms in total. The molecule has 2 atom stereocenters. The summed E-state index contributed by atoms with van der Waals surface area (Å²) in [7, 11) is 0. The van der Waals surface area contributed by atoms with Crippen LogP contribution < -0.4 is 5.32 Å². The summed E-state index contributed by atoms with van der Waals surface area (Å²) in [4.78, 5) is 20.6. The summed E-state index contributed by atoms with van der Waals surface area (Å²) in [5, 5.41) is 11.4. The van der Waals surface area contributed by atoms with Gasteiger partial charge in [0, 0.05) is 38.3 Å². The number of carbonyl (C=O) groups is 1. The van der Waals surface area contributed by atoms with Gasteiger partial charge in [0.1, 0.15) is 12.7 Å². The first-order valence-electron chi connectivity index (χ1n) is 8.27. The van der Waals surface area contributed by atoms with E-state index in [1.165, 1.54) is 11.9 Å². The van der Waals surface area contributed by atoms with Gasteiger partial charge in [-0.1, -0.05) is 0 Å². The normalized spacial score (nSPS) is 18.3. The molecular weight excluding hydrogens is 324 g/mol. The van der Waals surface area contributed by atoms with Gasteiger partial charge in [0.05, 0.1) is 6.54 Å². The second kappa shape index (κ2) is 7.76. The highest BCUT2D eigenvalue weighted by molar-refractivity contribution is 7.07. The third-order valence-electron chi connectivity index (χ3n) is 4.47. The average molecular weight is 348 g/mol. The van der Waals surface area contributed by atoms with Crippen LogP contribution in [0.25, 0.3) is 0 Å². The maximum Gasteiger partial charge on any atom is 0.317 e. The molecule has 1 fully saturated rings. The van der Waals surface area contributed by atoms with Crippen LogP contribution in [0.5, 0.6) is 0 Å². The van der Waals surface area contributed by atoms with Crippen molar-refractivity contribution in [3.63, 3.8) is 0 Å². The minimum Gasteiger partial charge on any atom is -0.334 e. The van der Waals surface area contributed by atoms with E-state index in [-0.39, 0.29) is 12.1 Å². The van der Waals surface area contributed by atoms with Crippen molar-refractivity contribution < 1.29 is 4.79 Å². The Hall–Kier alpha value is -1.93. The molecule has 24 heavy (non-hydrogen) atoms. The van der Waals surface area contributed by atoms with E-state index in [1.54, 1.807) is 22.3 Å². The molecular formula is C16H24N6OS. The van der Waals surface area contributed by atoms with E-state index in [4.69, 9.17) is 0 Å². The molecule has 0 saturated carbocycles. The van der Waals surface area contributed by atoms with E-state index < -0.39 is 0 Å². The zero-order chi connectivity index (χ0) is 16.9. The smallest absolute Gasteiger partial charge is 0.317 e. The van der Waals surface area contributed by atoms with E-state index in [0.29, 0.717) is 12.6 Å². The lowest BCUT2D eigenvalue weighted by Gasteiger charge is -2.38. The average Bonchev–Trinajstić information content (AvgIpc) is 3.27. The summed E-state index contributed by atoms with van der Waals surface area (Å²) in [5.41, 5.74) is 1.36. The van der Waals surface area contributed by atoms with Crippen LogP contribution >= 0.6 is 11.3 Å². The van der Waals surface area contributed by atoms with Crippen molar-refractivity contribution in [2.45, 2.75) is 32.5 Å². The first-order chi connectivity index (χ1) is 11.6. The number of rotatable bonds is 5. The van der Waals surface area contributed by atoms with E-state index >= 15 is 0 Å². The minimum absolute atomic E-state index is 0.00505. The number of hydrogen-bond acceptors (Lipinski definition) is 5. The number of nitrogens with one attached hydrogen (secondary N) is 1. The molecule has 3 rings (SSSR count). The third-order valence-corrected chi connectivity index (χ3v) is 5.17. The maximum absolute atomic E-state index is 12.4. The van der Waals surface area contributed by atoms with Gasteiger partial charge >= 0.3 is 6.03 Å². The van der Waals surface area contributed by atoms with Gasteiger partial charge in [-0.3, -0.25) is 9.58 Å². The van der Waals surface area contributed by atoms with Crippen LogP contribution in [0.2, 0.25) is 0 Å². The summed E-state index contributed by atoms with van der Waals surface area (Å²) in [5.74, 6) is 0. The number of amides is 2. The predicted molar refractivity (Wildman–Crippen MR) is 93.9 cm³/mol. The Morgan fingerprint density at radius 1 is 1.33 bits per heavy atom. The molecule has 0 aliphatic carbocycles. The van der Waals surface area contributed by atoms with Gasteiger partial charge in [-0.2, -0.15) is 16.4 Å². The highest BCUT2D eigenvalue weighted by Crippen LogP contribution is 2.23. The molecule has 0 bridgehead atoms. The van der Waals surface area contributed by atoms with E-state index in [2.05, 4.69) is 44.0 Å². The second-order valence-electron chi connectivity index (χ2n) is 6.22. The molecule has 130 valence electrons. The fraction of sp³-hybridized carbons (Fsp3) is 0.562. The number of aromatic nitrogens is 3. The zero-order valence-corrected chi connectivity index (χ0v) is 14.9. The minimum atomic E-state index is 0.00505. The standard InChI is InChI=1S/C16H24N6OS/c1-13(9-22-12-17-11-18-22)19-16(23)21-6-4-20(5-7-21)14(2)15-3-8-24-10-15/h3,8,10-14H,4-7,9H2,1-2H3,(H,19,23). The molecule has 1 aliphatic rings. The number of hydrogen-bond donors (Lipinski definition) is 1. The first kappa shape index (κ1) is 16.9. The molecule has 0 aromatic carbocycles. The molecule has 1 aliphatic heterocycles. The topological polar surface area (TPSA) is 66.3 Å². The third kappa shape index (κ3) is 4.12. The van der Waals surface area contributed by atoms with Crippen LogP contribution in [0.4, 0.5) is 4.79 Å². The quantitative estimate of drug-likeness (QED) is 0.895. The van der Waals surface area contributed by atoms with Gasteiger partial charge in [-0.15, -0.1) is 0 Å². The SMILES string of the molecule is CC(Cn1cncn1)NC(=O)N1CCN(C(C)c2ccsc2)CC1. The van der Waals surface area contributed by atoms with E-state index in [9.17, 15) is 4.79 Å². The van der Waals surface area contributed by atoms with Crippen molar-refractivity contribution in [3.8, 4) is 0 Å². The molecule has 0 radical (unpaired) electrons. The Kier molecular flexibility index (Phi) is 5.47. The Balaban J connectivity index is 1.45. The summed E-state index contributed by atoms with van der Waals surface area (Å²) in [6.45, 7) is 8.17. The molecule has 1 saturated heterocycles. The number of piperazine rings is 1. The van der Waals surface area contributed by atoms with E-state index in [0.717, 1.165) is 26.2 Å². The Bertz CT molecular complexity index is 621. The number of carbonyl (C=O) groups excluding carboxylic acids is 1. The van der Waals surface area contributed by atoms with Crippen molar-refractivity contribution in [2.75, 3.05) is 26.2 Å². The largest absolute Gasteiger partial charge is 0.334 e. The molecule has 2 aromatic heterocycles. The lowest BCUT2D eigenvalue weighted by molar-refractivity contribution is 0.112. The summed E-state index contributed by atoms with van der Waals surface area (Å²) < 4.78 is 1.73. The van der Waals surface area contributed by atoms with Crippen LogP contribution in [0.1, 0.15) is 25.5 Å². The molecule has 2 unspecified atom stereocenters. The fourth-order valence-corrected chi connectivity index (χ4v) is 3.74. The molecule has 0 spiro atoms. The Morgan fingerprint density at radius 2 is 2.12 bits per heavy atom. The Morgan fingerprint density at radius 3 is 2.75 bits per heavy atom. The van der Waals surface area contributed by atoms with Crippen molar-refractivity contribution in [1.29, 1.82) is 0 Å². The van der Waals surface area contributed by atoms with Gasteiger partial charge in [0.15, 0.2) is 0 Å². The van der Waals surface area contributed by atoms with Crippen LogP contribution in [-0.4, -0.2) is 62.8 Å². The predicted octanol–water partition coefficient (Wildman–Crippen LogP) is 1.82.